The largest absolute Gasteiger partial charge is 0.379 e. The molecule has 1 radical (unpaired) electrons. The second-order valence-electron chi connectivity index (χ2n) is 1.56. The first-order chi connectivity index (χ1) is 3.79. The second kappa shape index (κ2) is 4.53. The Balaban J connectivity index is 0.000000640. The third kappa shape index (κ3) is 3.44. The third-order valence-electron chi connectivity index (χ3n) is 0.810. The van der Waals surface area contributed by atoms with E-state index in [-0.39, 0.29) is 32.7 Å². The zero-order valence-corrected chi connectivity index (χ0v) is 9.48. The minimum atomic E-state index is 0. The Hall–Kier alpha value is 0.734. The number of pyridine rings is 1. The monoisotopic (exact) mass is 259 g/mol. The molecular weight excluding hydrogens is 255 g/mol. The molecule has 0 N–H and O–H groups in total. The molecule has 0 amide bonds. The standard InChI is InChI=1S/C6H5BrN.Y/c1-5-2-3-6(7)8-4-5;/h2-3H,1H3;/q-1;. The number of rotatable bonds is 0. The van der Waals surface area contributed by atoms with Crippen LogP contribution in [0.15, 0.2) is 16.7 Å². The van der Waals surface area contributed by atoms with Crippen molar-refractivity contribution >= 4 is 15.9 Å². The van der Waals surface area contributed by atoms with Crippen LogP contribution < -0.4 is 0 Å². The van der Waals surface area contributed by atoms with Gasteiger partial charge in [-0.2, -0.15) is 6.07 Å². The molecule has 0 saturated heterocycles. The fourth-order valence-electron chi connectivity index (χ4n) is 0.410. The van der Waals surface area contributed by atoms with Gasteiger partial charge in [-0.1, -0.05) is 13.1 Å². The Kier molecular flexibility index (Phi) is 4.90. The smallest absolute Gasteiger partial charge is 0 e. The van der Waals surface area contributed by atoms with Gasteiger partial charge in [0.2, 0.25) is 0 Å². The van der Waals surface area contributed by atoms with E-state index in [9.17, 15) is 0 Å². The van der Waals surface area contributed by atoms with Crippen LogP contribution in [-0.2, 0) is 32.7 Å². The molecule has 1 nitrogen and oxygen atoms in total. The van der Waals surface area contributed by atoms with Gasteiger partial charge >= 0.3 is 0 Å². The summed E-state index contributed by atoms with van der Waals surface area (Å²) in [6.07, 6.45) is 2.80. The van der Waals surface area contributed by atoms with Crippen molar-refractivity contribution in [3.8, 4) is 0 Å². The fraction of sp³-hybridized carbons (Fsp3) is 0.167. The zero-order chi connectivity index (χ0) is 5.98. The van der Waals surface area contributed by atoms with E-state index in [1.165, 1.54) is 0 Å². The van der Waals surface area contributed by atoms with E-state index in [2.05, 4.69) is 27.1 Å². The number of hydrogen-bond donors (Lipinski definition) is 0. The van der Waals surface area contributed by atoms with Crippen molar-refractivity contribution in [3.63, 3.8) is 0 Å². The first kappa shape index (κ1) is 9.73. The van der Waals surface area contributed by atoms with E-state index >= 15 is 0 Å². The summed E-state index contributed by atoms with van der Waals surface area (Å²) in [5.74, 6) is 0. The Morgan fingerprint density at radius 1 is 1.56 bits per heavy atom. The zero-order valence-electron chi connectivity index (χ0n) is 5.06. The van der Waals surface area contributed by atoms with E-state index < -0.39 is 0 Å². The van der Waals surface area contributed by atoms with Gasteiger partial charge < -0.3 is 4.98 Å². The average molecular weight is 260 g/mol. The van der Waals surface area contributed by atoms with E-state index in [0.717, 1.165) is 10.2 Å². The number of aromatic nitrogens is 1. The third-order valence-corrected chi connectivity index (χ3v) is 1.25. The number of hydrogen-bond acceptors (Lipinski definition) is 1. The van der Waals surface area contributed by atoms with Gasteiger partial charge in [0, 0.05) is 32.7 Å². The van der Waals surface area contributed by atoms with Gasteiger partial charge in [-0.3, -0.25) is 0 Å². The van der Waals surface area contributed by atoms with Gasteiger partial charge in [-0.15, -0.1) is 27.6 Å². The summed E-state index contributed by atoms with van der Waals surface area (Å²) in [4.78, 5) is 3.87. The molecule has 0 aliphatic rings. The van der Waals surface area contributed by atoms with Crippen molar-refractivity contribution in [2.75, 3.05) is 0 Å². The summed E-state index contributed by atoms with van der Waals surface area (Å²) in [5.41, 5.74) is 1.06. The molecule has 0 saturated carbocycles. The first-order valence-corrected chi connectivity index (χ1v) is 3.09. The molecule has 9 heavy (non-hydrogen) atoms. The van der Waals surface area contributed by atoms with Gasteiger partial charge in [0.15, 0.2) is 0 Å². The molecule has 1 rings (SSSR count). The van der Waals surface area contributed by atoms with Crippen molar-refractivity contribution in [3.05, 3.63) is 28.5 Å². The Morgan fingerprint density at radius 2 is 2.22 bits per heavy atom. The van der Waals surface area contributed by atoms with E-state index in [1.54, 1.807) is 0 Å². The molecular formula is C6H5BrNY-. The maximum absolute atomic E-state index is 3.87. The molecule has 0 aliphatic heterocycles. The van der Waals surface area contributed by atoms with Crippen molar-refractivity contribution in [1.29, 1.82) is 0 Å². The van der Waals surface area contributed by atoms with Gasteiger partial charge in [-0.05, 0) is 4.60 Å². The molecule has 0 aliphatic carbocycles. The molecule has 1 aromatic heterocycles. The normalized spacial score (nSPS) is 8.22. The summed E-state index contributed by atoms with van der Waals surface area (Å²) < 4.78 is 0.836. The Morgan fingerprint density at radius 3 is 2.56 bits per heavy atom. The van der Waals surface area contributed by atoms with Crippen LogP contribution in [0.4, 0.5) is 0 Å². The summed E-state index contributed by atoms with van der Waals surface area (Å²) in [7, 11) is 0. The molecule has 0 aromatic carbocycles. The minimum Gasteiger partial charge on any atom is -0.379 e. The van der Waals surface area contributed by atoms with Crippen LogP contribution >= 0.6 is 15.9 Å². The Labute approximate surface area is 88.3 Å². The van der Waals surface area contributed by atoms with Crippen LogP contribution in [0.1, 0.15) is 5.56 Å². The van der Waals surface area contributed by atoms with Crippen LogP contribution in [0.3, 0.4) is 0 Å². The molecule has 3 heteroatoms. The molecule has 0 fully saturated rings. The summed E-state index contributed by atoms with van der Waals surface area (Å²) in [5, 5.41) is 0. The molecule has 1 aromatic rings. The van der Waals surface area contributed by atoms with E-state index in [1.807, 2.05) is 19.1 Å². The van der Waals surface area contributed by atoms with E-state index in [4.69, 9.17) is 0 Å². The SMILES string of the molecule is Cc1[c-]nc(Br)cc1.[Y]. The summed E-state index contributed by atoms with van der Waals surface area (Å²) in [6, 6.07) is 3.85. The van der Waals surface area contributed by atoms with Gasteiger partial charge in [0.25, 0.3) is 0 Å². The average Bonchev–Trinajstić information content (AvgIpc) is 1.77. The quantitative estimate of drug-likeness (QED) is 0.513. The maximum atomic E-state index is 3.87. The van der Waals surface area contributed by atoms with Crippen molar-refractivity contribution in [2.45, 2.75) is 6.92 Å². The fourth-order valence-corrected chi connectivity index (χ4v) is 0.631. The van der Waals surface area contributed by atoms with Crippen molar-refractivity contribution in [1.82, 2.24) is 4.98 Å². The van der Waals surface area contributed by atoms with Crippen LogP contribution in [0.2, 0.25) is 0 Å². The minimum absolute atomic E-state index is 0. The molecule has 0 spiro atoms. The van der Waals surface area contributed by atoms with Crippen molar-refractivity contribution in [2.24, 2.45) is 0 Å². The first-order valence-electron chi connectivity index (χ1n) is 2.30. The molecule has 45 valence electrons. The van der Waals surface area contributed by atoms with Gasteiger partial charge in [-0.25, -0.2) is 0 Å². The predicted molar refractivity (Wildman–Crippen MR) is 35.5 cm³/mol. The topological polar surface area (TPSA) is 12.9 Å². The van der Waals surface area contributed by atoms with Crippen LogP contribution in [0.5, 0.6) is 0 Å². The second-order valence-corrected chi connectivity index (χ2v) is 2.38. The molecule has 0 atom stereocenters. The van der Waals surface area contributed by atoms with Crippen molar-refractivity contribution < 1.29 is 32.7 Å². The van der Waals surface area contributed by atoms with Crippen LogP contribution in [-0.4, -0.2) is 4.98 Å². The van der Waals surface area contributed by atoms with E-state index in [0.29, 0.717) is 0 Å². The maximum Gasteiger partial charge on any atom is 0 e. The predicted octanol–water partition coefficient (Wildman–Crippen LogP) is 1.95. The molecule has 0 bridgehead atoms. The summed E-state index contributed by atoms with van der Waals surface area (Å²) in [6.45, 7) is 1.96. The van der Waals surface area contributed by atoms with Gasteiger partial charge in [0.1, 0.15) is 0 Å². The summed E-state index contributed by atoms with van der Waals surface area (Å²) >= 11 is 3.20. The molecule has 0 unspecified atom stereocenters. The van der Waals surface area contributed by atoms with Crippen LogP contribution in [0.25, 0.3) is 0 Å². The number of halogens is 1. The Bertz CT molecular complexity index is 152. The molecule has 1 heterocycles. The number of aryl methyl sites for hydroxylation is 1. The van der Waals surface area contributed by atoms with Crippen LogP contribution in [0, 0.1) is 13.1 Å². The number of nitrogens with zero attached hydrogens (tertiary/aromatic N) is 1. The van der Waals surface area contributed by atoms with Gasteiger partial charge in [0.05, 0.1) is 0 Å².